The predicted molar refractivity (Wildman–Crippen MR) is 100 cm³/mol. The molecule has 8 nitrogen and oxygen atoms in total. The fourth-order valence-electron chi connectivity index (χ4n) is 3.22. The Balaban J connectivity index is 1.82. The minimum atomic E-state index is -0.156. The van der Waals surface area contributed by atoms with Gasteiger partial charge in [0.05, 0.1) is 0 Å². The molecule has 136 valence electrons. The molecule has 0 radical (unpaired) electrons. The Morgan fingerprint density at radius 1 is 1.15 bits per heavy atom. The van der Waals surface area contributed by atoms with Crippen LogP contribution in [0.15, 0.2) is 35.1 Å². The lowest BCUT2D eigenvalue weighted by atomic mass is 10.3. The molecular weight excluding hydrogens is 332 g/mol. The van der Waals surface area contributed by atoms with Gasteiger partial charge in [0.2, 0.25) is 5.95 Å². The lowest BCUT2D eigenvalue weighted by Crippen LogP contribution is -2.44. The van der Waals surface area contributed by atoms with Gasteiger partial charge in [0.15, 0.2) is 11.2 Å². The van der Waals surface area contributed by atoms with Gasteiger partial charge in [-0.2, -0.15) is 9.97 Å². The van der Waals surface area contributed by atoms with E-state index in [2.05, 4.69) is 20.2 Å². The lowest BCUT2D eigenvalue weighted by molar-refractivity contribution is 0.415. The minimum absolute atomic E-state index is 0.156. The number of fused-ring (bicyclic) bond motifs is 1. The summed E-state index contributed by atoms with van der Waals surface area (Å²) < 4.78 is 9.19. The summed E-state index contributed by atoms with van der Waals surface area (Å²) in [5.74, 6) is 1.43. The van der Waals surface area contributed by atoms with Crippen LogP contribution in [0, 0.1) is 0 Å². The molecule has 1 N–H and O–H groups in total. The molecule has 1 aliphatic rings. The van der Waals surface area contributed by atoms with Crippen molar-refractivity contribution in [1.82, 2.24) is 24.4 Å². The second-order valence-electron chi connectivity index (χ2n) is 6.24. The van der Waals surface area contributed by atoms with Gasteiger partial charge in [-0.15, -0.1) is 0 Å². The average molecular weight is 354 g/mol. The number of aromatic nitrogens is 4. The first-order chi connectivity index (χ1) is 12.7. The number of aryl methyl sites for hydroxylation is 1. The lowest BCUT2D eigenvalue weighted by Gasteiger charge is -2.28. The number of rotatable bonds is 4. The summed E-state index contributed by atoms with van der Waals surface area (Å²) in [6.07, 6.45) is 0. The van der Waals surface area contributed by atoms with Gasteiger partial charge >= 0.3 is 6.01 Å². The first-order valence-electron chi connectivity index (χ1n) is 8.85. The molecule has 1 saturated heterocycles. The van der Waals surface area contributed by atoms with Gasteiger partial charge in [-0.3, -0.25) is 9.36 Å². The number of nitrogens with zero attached hydrogens (tertiary/aromatic N) is 5. The topological polar surface area (TPSA) is 77.2 Å². The fourth-order valence-corrected chi connectivity index (χ4v) is 3.22. The molecule has 1 fully saturated rings. The third-order valence-electron chi connectivity index (χ3n) is 4.59. The summed E-state index contributed by atoms with van der Waals surface area (Å²) in [7, 11) is 1.67. The van der Waals surface area contributed by atoms with Crippen molar-refractivity contribution < 1.29 is 4.74 Å². The zero-order valence-corrected chi connectivity index (χ0v) is 15.0. The molecule has 3 aromatic rings. The maximum atomic E-state index is 13.0. The molecule has 4 rings (SSSR count). The summed E-state index contributed by atoms with van der Waals surface area (Å²) in [6, 6.07) is 9.55. The SMILES string of the molecule is CCn1c(N2CCNCC2)nc2nc(Oc3ccccc3)n(C)c(=O)c21. The second kappa shape index (κ2) is 6.80. The number of nitrogens with one attached hydrogen (secondary N) is 1. The summed E-state index contributed by atoms with van der Waals surface area (Å²) in [5.41, 5.74) is 0.787. The smallest absolute Gasteiger partial charge is 0.306 e. The number of anilines is 1. The van der Waals surface area contributed by atoms with Crippen molar-refractivity contribution >= 4 is 17.1 Å². The number of imidazole rings is 1. The number of para-hydroxylation sites is 1. The van der Waals surface area contributed by atoms with Crippen LogP contribution < -0.4 is 20.5 Å². The maximum absolute atomic E-state index is 13.0. The molecule has 1 aromatic carbocycles. The summed E-state index contributed by atoms with van der Waals surface area (Å²) >= 11 is 0. The molecule has 1 aliphatic heterocycles. The van der Waals surface area contributed by atoms with E-state index < -0.39 is 0 Å². The van der Waals surface area contributed by atoms with Crippen molar-refractivity contribution in [2.45, 2.75) is 13.5 Å². The normalized spacial score (nSPS) is 14.8. The molecule has 0 amide bonds. The van der Waals surface area contributed by atoms with Crippen molar-refractivity contribution in [3.63, 3.8) is 0 Å². The Morgan fingerprint density at radius 2 is 1.88 bits per heavy atom. The Kier molecular flexibility index (Phi) is 4.34. The van der Waals surface area contributed by atoms with Gasteiger partial charge in [0.1, 0.15) is 5.75 Å². The van der Waals surface area contributed by atoms with Gasteiger partial charge in [0, 0.05) is 39.8 Å². The van der Waals surface area contributed by atoms with Crippen LogP contribution >= 0.6 is 0 Å². The Bertz CT molecular complexity index is 973. The highest BCUT2D eigenvalue weighted by Gasteiger charge is 2.22. The van der Waals surface area contributed by atoms with Crippen LogP contribution in [0.1, 0.15) is 6.92 Å². The van der Waals surface area contributed by atoms with Crippen molar-refractivity contribution in [3.05, 3.63) is 40.7 Å². The fraction of sp³-hybridized carbons (Fsp3) is 0.389. The van der Waals surface area contributed by atoms with Crippen molar-refractivity contribution in [2.24, 2.45) is 7.05 Å². The van der Waals surface area contributed by atoms with Crippen LogP contribution in [0.25, 0.3) is 11.2 Å². The number of piperazine rings is 1. The van der Waals surface area contributed by atoms with Crippen LogP contribution in [-0.2, 0) is 13.6 Å². The van der Waals surface area contributed by atoms with Crippen molar-refractivity contribution in [2.75, 3.05) is 31.1 Å². The molecule has 0 unspecified atom stereocenters. The largest absolute Gasteiger partial charge is 0.425 e. The minimum Gasteiger partial charge on any atom is -0.425 e. The molecule has 0 aliphatic carbocycles. The van der Waals surface area contributed by atoms with Crippen LogP contribution in [-0.4, -0.2) is 45.3 Å². The zero-order valence-electron chi connectivity index (χ0n) is 15.0. The van der Waals surface area contributed by atoms with Gasteiger partial charge in [-0.1, -0.05) is 18.2 Å². The van der Waals surface area contributed by atoms with E-state index in [9.17, 15) is 4.79 Å². The third-order valence-corrected chi connectivity index (χ3v) is 4.59. The molecule has 3 heterocycles. The Labute approximate surface area is 151 Å². The second-order valence-corrected chi connectivity index (χ2v) is 6.24. The molecular formula is C18H22N6O2. The highest BCUT2D eigenvalue weighted by molar-refractivity contribution is 5.74. The number of ether oxygens (including phenoxy) is 1. The molecule has 0 spiro atoms. The van der Waals surface area contributed by atoms with E-state index in [-0.39, 0.29) is 11.6 Å². The zero-order chi connectivity index (χ0) is 18.1. The number of hydrogen-bond acceptors (Lipinski definition) is 6. The van der Waals surface area contributed by atoms with Crippen LogP contribution in [0.4, 0.5) is 5.95 Å². The first-order valence-corrected chi connectivity index (χ1v) is 8.85. The highest BCUT2D eigenvalue weighted by Crippen LogP contribution is 2.23. The number of benzene rings is 1. The molecule has 2 aromatic heterocycles. The molecule has 26 heavy (non-hydrogen) atoms. The third kappa shape index (κ3) is 2.82. The maximum Gasteiger partial charge on any atom is 0.306 e. The van der Waals surface area contributed by atoms with E-state index in [4.69, 9.17) is 4.74 Å². The van der Waals surface area contributed by atoms with E-state index in [1.54, 1.807) is 7.05 Å². The van der Waals surface area contributed by atoms with E-state index in [1.165, 1.54) is 4.57 Å². The van der Waals surface area contributed by atoms with Gasteiger partial charge in [0.25, 0.3) is 5.56 Å². The van der Waals surface area contributed by atoms with Gasteiger partial charge in [-0.25, -0.2) is 0 Å². The highest BCUT2D eigenvalue weighted by atomic mass is 16.5. The standard InChI is InChI=1S/C18H22N6O2/c1-3-24-14-15(20-17(24)23-11-9-19-10-12-23)21-18(22(2)16(14)25)26-13-7-5-4-6-8-13/h4-8,19H,3,9-12H2,1-2H3. The predicted octanol–water partition coefficient (Wildman–Crippen LogP) is 1.35. The molecule has 0 atom stereocenters. The van der Waals surface area contributed by atoms with E-state index in [0.29, 0.717) is 23.5 Å². The van der Waals surface area contributed by atoms with Crippen molar-refractivity contribution in [3.8, 4) is 11.8 Å². The van der Waals surface area contributed by atoms with Gasteiger partial charge < -0.3 is 19.5 Å². The first kappa shape index (κ1) is 16.6. The summed E-state index contributed by atoms with van der Waals surface area (Å²) in [5, 5.41) is 3.33. The van der Waals surface area contributed by atoms with Crippen LogP contribution in [0.3, 0.4) is 0 Å². The van der Waals surface area contributed by atoms with Gasteiger partial charge in [-0.05, 0) is 19.1 Å². The molecule has 0 saturated carbocycles. The average Bonchev–Trinajstić information content (AvgIpc) is 3.06. The summed E-state index contributed by atoms with van der Waals surface area (Å²) in [4.78, 5) is 24.3. The molecule has 0 bridgehead atoms. The van der Waals surface area contributed by atoms with Crippen molar-refractivity contribution in [1.29, 1.82) is 0 Å². The molecule has 8 heteroatoms. The number of hydrogen-bond donors (Lipinski definition) is 1. The monoisotopic (exact) mass is 354 g/mol. The quantitative estimate of drug-likeness (QED) is 0.762. The van der Waals surface area contributed by atoms with Crippen LogP contribution in [0.2, 0.25) is 0 Å². The van der Waals surface area contributed by atoms with E-state index >= 15 is 0 Å². The Morgan fingerprint density at radius 3 is 2.58 bits per heavy atom. The summed E-state index contributed by atoms with van der Waals surface area (Å²) in [6.45, 7) is 6.20. The van der Waals surface area contributed by atoms with E-state index in [0.717, 1.165) is 32.1 Å². The Hall–Kier alpha value is -2.87. The van der Waals surface area contributed by atoms with E-state index in [1.807, 2.05) is 41.8 Å². The van der Waals surface area contributed by atoms with Crippen LogP contribution in [0.5, 0.6) is 11.8 Å².